The highest BCUT2D eigenvalue weighted by molar-refractivity contribution is 8.08. The highest BCUT2D eigenvalue weighted by atomic mass is 32.2. The smallest absolute Gasteiger partial charge is 0.0762 e. The maximum atomic E-state index is 4.33. The van der Waals surface area contributed by atoms with E-state index in [0.29, 0.717) is 0 Å². The van der Waals surface area contributed by atoms with Gasteiger partial charge >= 0.3 is 0 Å². The average Bonchev–Trinajstić information content (AvgIpc) is 2.19. The Kier molecular flexibility index (Phi) is 4.61. The molecule has 70 valence electrons. The Bertz CT molecular complexity index is 267. The van der Waals surface area contributed by atoms with Crippen molar-refractivity contribution >= 4 is 16.7 Å². The number of pyridine rings is 1. The van der Waals surface area contributed by atoms with Crippen molar-refractivity contribution in [3.05, 3.63) is 36.2 Å². The van der Waals surface area contributed by atoms with Crippen LogP contribution in [0.1, 0.15) is 26.0 Å². The van der Waals surface area contributed by atoms with Crippen molar-refractivity contribution in [2.75, 3.05) is 5.75 Å². The van der Waals surface area contributed by atoms with E-state index in [1.807, 2.05) is 30.1 Å². The van der Waals surface area contributed by atoms with Gasteiger partial charge in [-0.25, -0.2) is 0 Å². The Morgan fingerprint density at radius 3 is 2.85 bits per heavy atom. The van der Waals surface area contributed by atoms with Gasteiger partial charge in [0.1, 0.15) is 0 Å². The first-order valence-corrected chi connectivity index (χ1v) is 5.61. The number of thioether (sulfide) groups is 1. The summed E-state index contributed by atoms with van der Waals surface area (Å²) in [5, 5.41) is 0. The summed E-state index contributed by atoms with van der Waals surface area (Å²) in [6, 6.07) is 6.04. The van der Waals surface area contributed by atoms with Crippen molar-refractivity contribution in [2.45, 2.75) is 20.3 Å². The van der Waals surface area contributed by atoms with Crippen LogP contribution < -0.4 is 0 Å². The molecule has 1 aromatic heterocycles. The van der Waals surface area contributed by atoms with Gasteiger partial charge in [0.25, 0.3) is 0 Å². The van der Waals surface area contributed by atoms with Crippen LogP contribution in [0.5, 0.6) is 0 Å². The molecule has 0 saturated carbocycles. The molecule has 0 aliphatic rings. The van der Waals surface area contributed by atoms with Gasteiger partial charge in [-0.15, -0.1) is 11.8 Å². The Labute approximate surface area is 84.3 Å². The number of hydrogen-bond donors (Lipinski definition) is 0. The van der Waals surface area contributed by atoms with E-state index in [4.69, 9.17) is 0 Å². The molecule has 0 radical (unpaired) electrons. The molecule has 0 spiro atoms. The summed E-state index contributed by atoms with van der Waals surface area (Å²) in [6.45, 7) is 4.32. The van der Waals surface area contributed by atoms with Crippen LogP contribution in [0.3, 0.4) is 0 Å². The fourth-order valence-electron chi connectivity index (χ4n) is 1.09. The zero-order valence-corrected chi connectivity index (χ0v) is 8.97. The monoisotopic (exact) mass is 193 g/mol. The van der Waals surface area contributed by atoms with Gasteiger partial charge in [-0.2, -0.15) is 0 Å². The summed E-state index contributed by atoms with van der Waals surface area (Å²) in [7, 11) is 0. The summed E-state index contributed by atoms with van der Waals surface area (Å²) >= 11 is 1.85. The normalized spacial score (nSPS) is 11.7. The minimum Gasteiger partial charge on any atom is -0.256 e. The fourth-order valence-corrected chi connectivity index (χ4v) is 1.95. The Morgan fingerprint density at radius 2 is 2.31 bits per heavy atom. The lowest BCUT2D eigenvalue weighted by Gasteiger charge is -2.03. The van der Waals surface area contributed by atoms with Crippen LogP contribution >= 0.6 is 11.8 Å². The molecule has 0 N–H and O–H groups in total. The molecule has 2 heteroatoms. The summed E-state index contributed by atoms with van der Waals surface area (Å²) in [5.41, 5.74) is 1.09. The first kappa shape index (κ1) is 10.3. The van der Waals surface area contributed by atoms with Gasteiger partial charge < -0.3 is 0 Å². The van der Waals surface area contributed by atoms with Gasteiger partial charge in [0.05, 0.1) is 5.69 Å². The Balaban J connectivity index is 2.83. The van der Waals surface area contributed by atoms with E-state index in [2.05, 4.69) is 31.0 Å². The van der Waals surface area contributed by atoms with Crippen molar-refractivity contribution in [1.82, 2.24) is 4.98 Å². The average molecular weight is 193 g/mol. The molecule has 0 atom stereocenters. The van der Waals surface area contributed by atoms with E-state index in [9.17, 15) is 0 Å². The van der Waals surface area contributed by atoms with Gasteiger partial charge in [-0.05, 0) is 24.3 Å². The lowest BCUT2D eigenvalue weighted by atomic mass is 10.3. The maximum absolute atomic E-state index is 4.33. The number of nitrogens with zero attached hydrogens (tertiary/aromatic N) is 1. The predicted molar refractivity (Wildman–Crippen MR) is 60.6 cm³/mol. The standard InChI is InChI=1S/C11H15NS/c1-3-7-11(13-4-2)10-8-5-6-9-12-10/h5-9H,3-4H2,1-2H3/b11-7-. The molecule has 0 aliphatic heterocycles. The second kappa shape index (κ2) is 5.81. The minimum absolute atomic E-state index is 1.07. The molecule has 0 bridgehead atoms. The largest absolute Gasteiger partial charge is 0.256 e. The molecular weight excluding hydrogens is 178 g/mol. The molecule has 1 nitrogen and oxygen atoms in total. The predicted octanol–water partition coefficient (Wildman–Crippen LogP) is 3.59. The number of allylic oxidation sites excluding steroid dienone is 1. The molecule has 0 aliphatic carbocycles. The topological polar surface area (TPSA) is 12.9 Å². The summed E-state index contributed by atoms with van der Waals surface area (Å²) < 4.78 is 0. The lowest BCUT2D eigenvalue weighted by Crippen LogP contribution is -1.85. The van der Waals surface area contributed by atoms with E-state index in [1.54, 1.807) is 0 Å². The van der Waals surface area contributed by atoms with Crippen LogP contribution in [0.15, 0.2) is 30.5 Å². The highest BCUT2D eigenvalue weighted by Crippen LogP contribution is 2.25. The molecule has 0 aromatic carbocycles. The second-order valence-electron chi connectivity index (χ2n) is 2.62. The first-order valence-electron chi connectivity index (χ1n) is 4.62. The van der Waals surface area contributed by atoms with Crippen LogP contribution in [-0.2, 0) is 0 Å². The molecule has 1 aromatic rings. The lowest BCUT2D eigenvalue weighted by molar-refractivity contribution is 1.22. The summed E-state index contributed by atoms with van der Waals surface area (Å²) in [5.74, 6) is 1.10. The SMILES string of the molecule is CC/C=C(\SCC)c1ccccn1. The molecule has 1 rings (SSSR count). The Hall–Kier alpha value is -0.760. The van der Waals surface area contributed by atoms with Crippen molar-refractivity contribution in [1.29, 1.82) is 0 Å². The third kappa shape index (κ3) is 3.23. The van der Waals surface area contributed by atoms with E-state index in [0.717, 1.165) is 17.9 Å². The zero-order valence-electron chi connectivity index (χ0n) is 8.16. The molecule has 1 heterocycles. The van der Waals surface area contributed by atoms with E-state index < -0.39 is 0 Å². The number of rotatable bonds is 4. The van der Waals surface area contributed by atoms with Crippen LogP contribution in [-0.4, -0.2) is 10.7 Å². The van der Waals surface area contributed by atoms with Crippen molar-refractivity contribution < 1.29 is 0 Å². The molecule has 13 heavy (non-hydrogen) atoms. The van der Waals surface area contributed by atoms with Gasteiger partial charge in [-0.3, -0.25) is 4.98 Å². The van der Waals surface area contributed by atoms with Crippen molar-refractivity contribution in [3.8, 4) is 0 Å². The van der Waals surface area contributed by atoms with Crippen LogP contribution in [0.2, 0.25) is 0 Å². The molecular formula is C11H15NS. The van der Waals surface area contributed by atoms with E-state index >= 15 is 0 Å². The van der Waals surface area contributed by atoms with Crippen LogP contribution in [0.4, 0.5) is 0 Å². The zero-order chi connectivity index (χ0) is 9.52. The molecule has 0 unspecified atom stereocenters. The highest BCUT2D eigenvalue weighted by Gasteiger charge is 1.99. The van der Waals surface area contributed by atoms with Gasteiger partial charge in [-0.1, -0.05) is 26.0 Å². The molecule has 0 saturated heterocycles. The third-order valence-electron chi connectivity index (χ3n) is 1.61. The third-order valence-corrected chi connectivity index (χ3v) is 2.58. The second-order valence-corrected chi connectivity index (χ2v) is 3.93. The van der Waals surface area contributed by atoms with Crippen LogP contribution in [0, 0.1) is 0 Å². The Morgan fingerprint density at radius 1 is 1.46 bits per heavy atom. The van der Waals surface area contributed by atoms with Gasteiger partial charge in [0, 0.05) is 11.1 Å². The quantitative estimate of drug-likeness (QED) is 0.725. The van der Waals surface area contributed by atoms with Gasteiger partial charge in [0.2, 0.25) is 0 Å². The number of aromatic nitrogens is 1. The first-order chi connectivity index (χ1) is 6.38. The molecule has 0 amide bonds. The summed E-state index contributed by atoms with van der Waals surface area (Å²) in [4.78, 5) is 5.62. The van der Waals surface area contributed by atoms with E-state index in [1.165, 1.54) is 4.91 Å². The minimum atomic E-state index is 1.07. The summed E-state index contributed by atoms with van der Waals surface area (Å²) in [6.07, 6.45) is 5.14. The van der Waals surface area contributed by atoms with E-state index in [-0.39, 0.29) is 0 Å². The maximum Gasteiger partial charge on any atom is 0.0762 e. The number of hydrogen-bond acceptors (Lipinski definition) is 2. The van der Waals surface area contributed by atoms with Crippen molar-refractivity contribution in [3.63, 3.8) is 0 Å². The van der Waals surface area contributed by atoms with Gasteiger partial charge in [0.15, 0.2) is 0 Å². The van der Waals surface area contributed by atoms with Crippen LogP contribution in [0.25, 0.3) is 4.91 Å². The molecule has 0 fully saturated rings. The van der Waals surface area contributed by atoms with Crippen molar-refractivity contribution in [2.24, 2.45) is 0 Å². The fraction of sp³-hybridized carbons (Fsp3) is 0.364.